The number of rotatable bonds is 8. The van der Waals surface area contributed by atoms with Gasteiger partial charge in [-0.25, -0.2) is 14.4 Å². The van der Waals surface area contributed by atoms with E-state index in [0.29, 0.717) is 11.1 Å². The number of aliphatic hydroxyl groups is 1. The van der Waals surface area contributed by atoms with Crippen molar-refractivity contribution in [1.82, 2.24) is 15.3 Å². The first-order chi connectivity index (χ1) is 15.6. The van der Waals surface area contributed by atoms with Crippen LogP contribution in [-0.4, -0.2) is 39.0 Å². The standard InChI is InChI=1S/C24H30FN5O3/c1-6-15(9-17(25)7-2)21(31)24(33)30-20-8-14(5)19(12-27-20)16-10-18(22(26)28-11-16)23(32)29-13(3)4/h6,8-13,21,31H,7H2,1-5H3,(H2,26,28)(H,29,32)(H,27,30,33)/b15-6+,17-9+. The van der Waals surface area contributed by atoms with Crippen molar-refractivity contribution in [3.63, 3.8) is 0 Å². The van der Waals surface area contributed by atoms with Crippen molar-refractivity contribution in [2.45, 2.75) is 53.2 Å². The highest BCUT2D eigenvalue weighted by Crippen LogP contribution is 2.26. The van der Waals surface area contributed by atoms with Gasteiger partial charge in [0.2, 0.25) is 0 Å². The summed E-state index contributed by atoms with van der Waals surface area (Å²) in [5.74, 6) is -1.16. The second-order valence-electron chi connectivity index (χ2n) is 7.79. The lowest BCUT2D eigenvalue weighted by molar-refractivity contribution is -0.122. The number of aliphatic hydroxyl groups excluding tert-OH is 1. The number of nitrogens with zero attached hydrogens (tertiary/aromatic N) is 2. The molecule has 9 heteroatoms. The number of nitrogens with two attached hydrogens (primary N) is 1. The molecule has 0 radical (unpaired) electrons. The summed E-state index contributed by atoms with van der Waals surface area (Å²) in [5.41, 5.74) is 8.37. The number of anilines is 2. The number of carbonyl (C=O) groups is 2. The molecule has 1 unspecified atom stereocenters. The van der Waals surface area contributed by atoms with Crippen LogP contribution >= 0.6 is 0 Å². The summed E-state index contributed by atoms with van der Waals surface area (Å²) in [6.45, 7) is 8.75. The summed E-state index contributed by atoms with van der Waals surface area (Å²) in [6.07, 6.45) is 4.31. The number of nitrogens with one attached hydrogen (secondary N) is 2. The van der Waals surface area contributed by atoms with E-state index in [0.717, 1.165) is 11.6 Å². The van der Waals surface area contributed by atoms with Crippen LogP contribution in [0.4, 0.5) is 16.0 Å². The lowest BCUT2D eigenvalue weighted by Crippen LogP contribution is -2.30. The summed E-state index contributed by atoms with van der Waals surface area (Å²) >= 11 is 0. The zero-order valence-corrected chi connectivity index (χ0v) is 19.4. The molecule has 0 aliphatic carbocycles. The lowest BCUT2D eigenvalue weighted by Gasteiger charge is -2.14. The first-order valence-corrected chi connectivity index (χ1v) is 10.6. The molecule has 0 fully saturated rings. The van der Waals surface area contributed by atoms with Gasteiger partial charge in [-0.15, -0.1) is 0 Å². The van der Waals surface area contributed by atoms with Crippen molar-refractivity contribution in [3.05, 3.63) is 59.2 Å². The molecule has 2 heterocycles. The van der Waals surface area contributed by atoms with Crippen LogP contribution in [0.25, 0.3) is 11.1 Å². The molecule has 0 bridgehead atoms. The predicted molar refractivity (Wildman–Crippen MR) is 127 cm³/mol. The minimum atomic E-state index is -1.54. The minimum Gasteiger partial charge on any atom is -0.383 e. The van der Waals surface area contributed by atoms with Gasteiger partial charge in [0.25, 0.3) is 11.8 Å². The highest BCUT2D eigenvalue weighted by molar-refractivity contribution is 5.99. The predicted octanol–water partition coefficient (Wildman–Crippen LogP) is 3.68. The Morgan fingerprint density at radius 1 is 1.24 bits per heavy atom. The molecule has 8 nitrogen and oxygen atoms in total. The molecule has 0 aliphatic rings. The number of halogens is 1. The van der Waals surface area contributed by atoms with Gasteiger partial charge in [-0.2, -0.15) is 0 Å². The fourth-order valence-electron chi connectivity index (χ4n) is 3.02. The van der Waals surface area contributed by atoms with Crippen molar-refractivity contribution < 1.29 is 19.1 Å². The molecular weight excluding hydrogens is 425 g/mol. The number of nitrogen functional groups attached to an aromatic ring is 1. The molecule has 0 saturated heterocycles. The summed E-state index contributed by atoms with van der Waals surface area (Å²) in [7, 11) is 0. The van der Waals surface area contributed by atoms with E-state index in [-0.39, 0.29) is 41.1 Å². The first-order valence-electron chi connectivity index (χ1n) is 10.6. The zero-order valence-electron chi connectivity index (χ0n) is 19.4. The van der Waals surface area contributed by atoms with Crippen LogP contribution in [0.15, 0.2) is 48.1 Å². The molecule has 2 amide bonds. The number of amides is 2. The van der Waals surface area contributed by atoms with E-state index >= 15 is 0 Å². The van der Waals surface area contributed by atoms with Gasteiger partial charge in [0.15, 0.2) is 6.10 Å². The summed E-state index contributed by atoms with van der Waals surface area (Å²) in [6, 6.07) is 3.21. The highest BCUT2D eigenvalue weighted by atomic mass is 19.1. The maximum atomic E-state index is 13.6. The number of pyridine rings is 2. The number of carbonyl (C=O) groups excluding carboxylic acids is 2. The number of hydrogen-bond acceptors (Lipinski definition) is 6. The number of hydrogen-bond donors (Lipinski definition) is 4. The van der Waals surface area contributed by atoms with E-state index in [9.17, 15) is 19.1 Å². The van der Waals surface area contributed by atoms with Crippen molar-refractivity contribution in [2.75, 3.05) is 11.1 Å². The lowest BCUT2D eigenvalue weighted by atomic mass is 10.0. The van der Waals surface area contributed by atoms with Crippen LogP contribution in [0.5, 0.6) is 0 Å². The largest absolute Gasteiger partial charge is 0.383 e. The van der Waals surface area contributed by atoms with Gasteiger partial charge in [0.1, 0.15) is 17.5 Å². The maximum absolute atomic E-state index is 13.6. The Balaban J connectivity index is 2.25. The van der Waals surface area contributed by atoms with Crippen molar-refractivity contribution in [1.29, 1.82) is 0 Å². The third-order valence-electron chi connectivity index (χ3n) is 4.81. The van der Waals surface area contributed by atoms with Gasteiger partial charge in [0.05, 0.1) is 5.56 Å². The Bertz CT molecular complexity index is 1100. The number of aryl methyl sites for hydroxylation is 1. The van der Waals surface area contributed by atoms with E-state index in [1.165, 1.54) is 12.3 Å². The van der Waals surface area contributed by atoms with Gasteiger partial charge in [0, 0.05) is 29.6 Å². The van der Waals surface area contributed by atoms with Crippen LogP contribution in [0, 0.1) is 6.92 Å². The van der Waals surface area contributed by atoms with Crippen LogP contribution in [0.2, 0.25) is 0 Å². The molecular formula is C24H30FN5O3. The van der Waals surface area contributed by atoms with Crippen molar-refractivity contribution in [3.8, 4) is 11.1 Å². The van der Waals surface area contributed by atoms with E-state index in [1.807, 2.05) is 20.8 Å². The molecule has 0 aliphatic heterocycles. The van der Waals surface area contributed by atoms with E-state index in [2.05, 4.69) is 20.6 Å². The average Bonchev–Trinajstić information content (AvgIpc) is 2.76. The van der Waals surface area contributed by atoms with Crippen LogP contribution in [-0.2, 0) is 4.79 Å². The zero-order chi connectivity index (χ0) is 24.7. The highest BCUT2D eigenvalue weighted by Gasteiger charge is 2.20. The molecule has 0 spiro atoms. The minimum absolute atomic E-state index is 0.0563. The Morgan fingerprint density at radius 3 is 2.52 bits per heavy atom. The van der Waals surface area contributed by atoms with Gasteiger partial charge in [-0.05, 0) is 63.5 Å². The molecule has 0 aromatic carbocycles. The summed E-state index contributed by atoms with van der Waals surface area (Å²) < 4.78 is 13.6. The fraction of sp³-hybridized carbons (Fsp3) is 0.333. The SMILES string of the molecule is C/C=C(\C=C(\F)CC)C(O)C(=O)Nc1cc(C)c(-c2cnc(N)c(C(=O)NC(C)C)c2)cn1. The van der Waals surface area contributed by atoms with E-state index in [4.69, 9.17) is 5.73 Å². The van der Waals surface area contributed by atoms with Crippen molar-refractivity contribution >= 4 is 23.5 Å². The summed E-state index contributed by atoms with van der Waals surface area (Å²) in [4.78, 5) is 33.2. The first kappa shape index (κ1) is 25.7. The van der Waals surface area contributed by atoms with Gasteiger partial charge < -0.3 is 21.5 Å². The smallest absolute Gasteiger partial charge is 0.258 e. The van der Waals surface area contributed by atoms with Crippen molar-refractivity contribution in [2.24, 2.45) is 0 Å². The normalized spacial score (nSPS) is 13.1. The molecule has 33 heavy (non-hydrogen) atoms. The third-order valence-corrected chi connectivity index (χ3v) is 4.81. The molecule has 2 aromatic rings. The molecule has 1 atom stereocenters. The second kappa shape index (κ2) is 11.3. The Labute approximate surface area is 192 Å². The number of aromatic nitrogens is 2. The van der Waals surface area contributed by atoms with Crippen LogP contribution in [0.3, 0.4) is 0 Å². The van der Waals surface area contributed by atoms with E-state index in [1.54, 1.807) is 32.2 Å². The Hall–Kier alpha value is -3.59. The Morgan fingerprint density at radius 2 is 1.94 bits per heavy atom. The fourth-order valence-corrected chi connectivity index (χ4v) is 3.02. The van der Waals surface area contributed by atoms with Gasteiger partial charge in [-0.3, -0.25) is 9.59 Å². The molecule has 176 valence electrons. The monoisotopic (exact) mass is 455 g/mol. The molecule has 2 aromatic heterocycles. The second-order valence-corrected chi connectivity index (χ2v) is 7.79. The van der Waals surface area contributed by atoms with Crippen LogP contribution in [0.1, 0.15) is 50.0 Å². The topological polar surface area (TPSA) is 130 Å². The van der Waals surface area contributed by atoms with Crippen LogP contribution < -0.4 is 16.4 Å². The average molecular weight is 456 g/mol. The Kier molecular flexibility index (Phi) is 8.81. The van der Waals surface area contributed by atoms with Gasteiger partial charge >= 0.3 is 0 Å². The number of allylic oxidation sites excluding steroid dienone is 2. The maximum Gasteiger partial charge on any atom is 0.258 e. The summed E-state index contributed by atoms with van der Waals surface area (Å²) in [5, 5.41) is 15.6. The molecule has 2 rings (SSSR count). The van der Waals surface area contributed by atoms with E-state index < -0.39 is 17.8 Å². The molecule has 5 N–H and O–H groups in total. The van der Waals surface area contributed by atoms with Gasteiger partial charge in [-0.1, -0.05) is 13.0 Å². The molecule has 0 saturated carbocycles. The third kappa shape index (κ3) is 6.69. The quantitative estimate of drug-likeness (QED) is 0.449.